The molecule has 202 valence electrons. The van der Waals surface area contributed by atoms with Crippen molar-refractivity contribution < 1.29 is 28.8 Å². The van der Waals surface area contributed by atoms with E-state index in [0.717, 1.165) is 47.6 Å². The van der Waals surface area contributed by atoms with Gasteiger partial charge in [-0.15, -0.1) is 0 Å². The van der Waals surface area contributed by atoms with Gasteiger partial charge in [0.25, 0.3) is 0 Å². The highest BCUT2D eigenvalue weighted by atomic mass is 16.5. The summed E-state index contributed by atoms with van der Waals surface area (Å²) in [5.74, 6) is 1.47. The SMILES string of the molecule is CCOC(=O)C1CCCN(CCOC(c2ccc(O)cc2)(c2ccc(OC)cc2)c2ccc(OC)cc2)C1. The first-order valence-corrected chi connectivity index (χ1v) is 13.1. The van der Waals surface area contributed by atoms with Gasteiger partial charge >= 0.3 is 5.97 Å². The minimum absolute atomic E-state index is 0.103. The van der Waals surface area contributed by atoms with Crippen molar-refractivity contribution in [2.45, 2.75) is 25.4 Å². The maximum Gasteiger partial charge on any atom is 0.310 e. The minimum atomic E-state index is -0.956. The lowest BCUT2D eigenvalue weighted by Gasteiger charge is -2.37. The molecule has 3 aromatic rings. The molecule has 0 amide bonds. The van der Waals surface area contributed by atoms with Crippen molar-refractivity contribution in [2.24, 2.45) is 5.92 Å². The topological polar surface area (TPSA) is 77.5 Å². The van der Waals surface area contributed by atoms with Crippen molar-refractivity contribution in [3.63, 3.8) is 0 Å². The van der Waals surface area contributed by atoms with E-state index in [0.29, 0.717) is 26.3 Å². The number of phenolic OH excluding ortho intramolecular Hbond substituents is 1. The Morgan fingerprint density at radius 2 is 1.42 bits per heavy atom. The molecule has 1 aliphatic heterocycles. The van der Waals surface area contributed by atoms with Crippen molar-refractivity contribution in [3.8, 4) is 17.2 Å². The first-order valence-electron chi connectivity index (χ1n) is 13.1. The summed E-state index contributed by atoms with van der Waals surface area (Å²) in [7, 11) is 3.29. The Morgan fingerprint density at radius 1 is 0.895 bits per heavy atom. The highest BCUT2D eigenvalue weighted by Gasteiger charge is 2.38. The van der Waals surface area contributed by atoms with Crippen LogP contribution in [0.15, 0.2) is 72.8 Å². The normalized spacial score (nSPS) is 16.1. The molecule has 1 unspecified atom stereocenters. The highest BCUT2D eigenvalue weighted by Crippen LogP contribution is 2.42. The molecule has 0 aromatic heterocycles. The second kappa shape index (κ2) is 12.8. The van der Waals surface area contributed by atoms with Gasteiger partial charge in [-0.1, -0.05) is 36.4 Å². The van der Waals surface area contributed by atoms with Crippen molar-refractivity contribution in [3.05, 3.63) is 89.5 Å². The summed E-state index contributed by atoms with van der Waals surface area (Å²) in [6.45, 7) is 4.91. The monoisotopic (exact) mass is 519 g/mol. The van der Waals surface area contributed by atoms with Gasteiger partial charge in [0.2, 0.25) is 0 Å². The fraction of sp³-hybridized carbons (Fsp3) is 0.387. The van der Waals surface area contributed by atoms with Crippen LogP contribution >= 0.6 is 0 Å². The fourth-order valence-corrected chi connectivity index (χ4v) is 5.14. The molecule has 1 heterocycles. The Bertz CT molecular complexity index is 1110. The second-order valence-electron chi connectivity index (χ2n) is 9.43. The second-order valence-corrected chi connectivity index (χ2v) is 9.43. The number of benzene rings is 3. The molecule has 1 fully saturated rings. The largest absolute Gasteiger partial charge is 0.508 e. The molecule has 0 spiro atoms. The van der Waals surface area contributed by atoms with Gasteiger partial charge in [0, 0.05) is 13.1 Å². The third-order valence-corrected chi connectivity index (χ3v) is 7.12. The van der Waals surface area contributed by atoms with E-state index < -0.39 is 5.60 Å². The third kappa shape index (κ3) is 6.11. The minimum Gasteiger partial charge on any atom is -0.508 e. The summed E-state index contributed by atoms with van der Waals surface area (Å²) in [5, 5.41) is 10.0. The number of ether oxygens (including phenoxy) is 4. The van der Waals surface area contributed by atoms with Crippen LogP contribution in [0.2, 0.25) is 0 Å². The number of phenols is 1. The zero-order chi connectivity index (χ0) is 27.0. The molecule has 4 rings (SSSR count). The number of piperidine rings is 1. The average Bonchev–Trinajstić information content (AvgIpc) is 2.96. The number of aromatic hydroxyl groups is 1. The van der Waals surface area contributed by atoms with Gasteiger partial charge in [0.05, 0.1) is 33.4 Å². The number of nitrogens with zero attached hydrogens (tertiary/aromatic N) is 1. The standard InChI is InChI=1S/C31H37NO6/c1-4-37-30(34)23-6-5-19-32(22-23)20-21-38-31(24-7-13-27(33)14-8-24,25-9-15-28(35-2)16-10-25)26-11-17-29(36-3)18-12-26/h7-18,23,33H,4-6,19-22H2,1-3H3. The third-order valence-electron chi connectivity index (χ3n) is 7.12. The van der Waals surface area contributed by atoms with Crippen LogP contribution in [-0.4, -0.2) is 63.0 Å². The molecular weight excluding hydrogens is 482 g/mol. The molecule has 3 aromatic carbocycles. The number of carbonyl (C=O) groups is 1. The zero-order valence-electron chi connectivity index (χ0n) is 22.4. The fourth-order valence-electron chi connectivity index (χ4n) is 5.14. The first kappa shape index (κ1) is 27.5. The number of methoxy groups -OCH3 is 2. The Kier molecular flexibility index (Phi) is 9.26. The van der Waals surface area contributed by atoms with E-state index in [1.807, 2.05) is 67.6 Å². The van der Waals surface area contributed by atoms with E-state index in [-0.39, 0.29) is 17.6 Å². The highest BCUT2D eigenvalue weighted by molar-refractivity contribution is 5.72. The van der Waals surface area contributed by atoms with Gasteiger partial charge in [-0.3, -0.25) is 4.79 Å². The summed E-state index contributed by atoms with van der Waals surface area (Å²) in [6, 6.07) is 22.9. The lowest BCUT2D eigenvalue weighted by Crippen LogP contribution is -2.42. The van der Waals surface area contributed by atoms with Crippen molar-refractivity contribution in [1.29, 1.82) is 0 Å². The van der Waals surface area contributed by atoms with E-state index in [9.17, 15) is 9.90 Å². The molecule has 1 N–H and O–H groups in total. The summed E-state index contributed by atoms with van der Waals surface area (Å²) < 4.78 is 23.0. The van der Waals surface area contributed by atoms with Crippen molar-refractivity contribution >= 4 is 5.97 Å². The molecule has 0 saturated carbocycles. The van der Waals surface area contributed by atoms with Crippen LogP contribution in [0.3, 0.4) is 0 Å². The summed E-state index contributed by atoms with van der Waals surface area (Å²) in [5.41, 5.74) is 1.78. The van der Waals surface area contributed by atoms with Crippen LogP contribution in [0, 0.1) is 5.92 Å². The molecule has 1 atom stereocenters. The summed E-state index contributed by atoms with van der Waals surface area (Å²) in [4.78, 5) is 14.6. The predicted molar refractivity (Wildman–Crippen MR) is 146 cm³/mol. The Hall–Kier alpha value is -3.55. The molecule has 7 nitrogen and oxygen atoms in total. The molecule has 0 radical (unpaired) electrons. The molecule has 1 aliphatic rings. The Labute approximate surface area is 224 Å². The predicted octanol–water partition coefficient (Wildman–Crippen LogP) is 4.99. The van der Waals surface area contributed by atoms with Crippen LogP contribution in [-0.2, 0) is 19.9 Å². The van der Waals surface area contributed by atoms with E-state index in [1.54, 1.807) is 26.4 Å². The van der Waals surface area contributed by atoms with Gasteiger partial charge in [-0.2, -0.15) is 0 Å². The number of likely N-dealkylation sites (tertiary alicyclic amines) is 1. The van der Waals surface area contributed by atoms with Crippen molar-refractivity contribution in [2.75, 3.05) is 47.1 Å². The van der Waals surface area contributed by atoms with Crippen molar-refractivity contribution in [1.82, 2.24) is 4.90 Å². The van der Waals surface area contributed by atoms with E-state index in [1.165, 1.54) is 0 Å². The number of esters is 1. The first-order chi connectivity index (χ1) is 18.5. The van der Waals surface area contributed by atoms with Crippen LogP contribution in [0.1, 0.15) is 36.5 Å². The van der Waals surface area contributed by atoms with Gasteiger partial charge in [0.1, 0.15) is 22.8 Å². The van der Waals surface area contributed by atoms with Gasteiger partial charge in [-0.25, -0.2) is 0 Å². The Morgan fingerprint density at radius 3 is 1.92 bits per heavy atom. The smallest absolute Gasteiger partial charge is 0.310 e. The summed E-state index contributed by atoms with van der Waals surface area (Å²) >= 11 is 0. The molecule has 1 saturated heterocycles. The lowest BCUT2D eigenvalue weighted by atomic mass is 9.80. The quantitative estimate of drug-likeness (QED) is 0.282. The number of rotatable bonds is 11. The molecule has 0 aliphatic carbocycles. The van der Waals surface area contributed by atoms with Crippen LogP contribution in [0.5, 0.6) is 17.2 Å². The summed E-state index contributed by atoms with van der Waals surface area (Å²) in [6.07, 6.45) is 1.80. The molecule has 0 bridgehead atoms. The number of carbonyl (C=O) groups excluding carboxylic acids is 1. The van der Waals surface area contributed by atoms with Crippen LogP contribution in [0.4, 0.5) is 0 Å². The zero-order valence-corrected chi connectivity index (χ0v) is 22.4. The molecular formula is C31H37NO6. The Balaban J connectivity index is 1.68. The molecule has 7 heteroatoms. The van der Waals surface area contributed by atoms with Crippen LogP contribution in [0.25, 0.3) is 0 Å². The maximum atomic E-state index is 12.3. The van der Waals surface area contributed by atoms with E-state index in [2.05, 4.69) is 4.90 Å². The lowest BCUT2D eigenvalue weighted by molar-refractivity contribution is -0.150. The maximum absolute atomic E-state index is 12.3. The van der Waals surface area contributed by atoms with Crippen LogP contribution < -0.4 is 9.47 Å². The average molecular weight is 520 g/mol. The van der Waals surface area contributed by atoms with Gasteiger partial charge < -0.3 is 29.0 Å². The number of hydrogen-bond acceptors (Lipinski definition) is 7. The van der Waals surface area contributed by atoms with Gasteiger partial charge in [-0.05, 0) is 79.4 Å². The molecule has 38 heavy (non-hydrogen) atoms. The van der Waals surface area contributed by atoms with Gasteiger partial charge in [0.15, 0.2) is 0 Å². The van der Waals surface area contributed by atoms with E-state index in [4.69, 9.17) is 18.9 Å². The number of hydrogen-bond donors (Lipinski definition) is 1. The van der Waals surface area contributed by atoms with E-state index >= 15 is 0 Å².